The van der Waals surface area contributed by atoms with E-state index in [0.29, 0.717) is 36.6 Å². The van der Waals surface area contributed by atoms with Gasteiger partial charge in [-0.25, -0.2) is 13.2 Å². The number of aliphatic carboxylic acids is 1. The number of hydrogen-bond acceptors (Lipinski definition) is 8. The Bertz CT molecular complexity index is 1280. The van der Waals surface area contributed by atoms with Crippen molar-refractivity contribution in [1.82, 2.24) is 15.5 Å². The van der Waals surface area contributed by atoms with Crippen molar-refractivity contribution in [2.75, 3.05) is 52.7 Å². The molecule has 2 heterocycles. The smallest absolute Gasteiger partial charge is 0.326 e. The zero-order valence-corrected chi connectivity index (χ0v) is 24.7. The third-order valence-corrected chi connectivity index (χ3v) is 10.6. The summed E-state index contributed by atoms with van der Waals surface area (Å²) in [6.07, 6.45) is 3.91. The summed E-state index contributed by atoms with van der Waals surface area (Å²) in [6, 6.07) is 11.5. The van der Waals surface area contributed by atoms with Gasteiger partial charge in [0.15, 0.2) is 14.6 Å². The summed E-state index contributed by atoms with van der Waals surface area (Å²) in [6.45, 7) is 2.68. The van der Waals surface area contributed by atoms with Crippen LogP contribution in [0, 0.1) is 0 Å². The Morgan fingerprint density at radius 2 is 1.68 bits per heavy atom. The summed E-state index contributed by atoms with van der Waals surface area (Å²) in [5, 5.41) is 15.7. The van der Waals surface area contributed by atoms with Crippen LogP contribution in [0.3, 0.4) is 0 Å². The molecule has 2 saturated heterocycles. The van der Waals surface area contributed by atoms with Crippen molar-refractivity contribution in [1.29, 1.82) is 0 Å². The molecule has 4 rings (SSSR count). The lowest BCUT2D eigenvalue weighted by atomic mass is 9.96. The lowest BCUT2D eigenvalue weighted by Crippen LogP contribution is -2.63. The highest BCUT2D eigenvalue weighted by molar-refractivity contribution is 7.93. The zero-order valence-electron chi connectivity index (χ0n) is 23.9. The normalized spacial score (nSPS) is 20.6. The van der Waals surface area contributed by atoms with Gasteiger partial charge in [0.05, 0.1) is 25.5 Å². The Morgan fingerprint density at radius 1 is 1.02 bits per heavy atom. The number of piperidine rings is 2. The van der Waals surface area contributed by atoms with Crippen LogP contribution in [0.15, 0.2) is 42.5 Å². The molecule has 10 nitrogen and oxygen atoms in total. The van der Waals surface area contributed by atoms with E-state index in [2.05, 4.69) is 15.5 Å². The van der Waals surface area contributed by atoms with Crippen LogP contribution in [-0.4, -0.2) is 93.8 Å². The monoisotopic (exact) mass is 587 g/mol. The zero-order chi connectivity index (χ0) is 29.5. The predicted molar refractivity (Wildman–Crippen MR) is 157 cm³/mol. The summed E-state index contributed by atoms with van der Waals surface area (Å²) < 4.78 is 36.7. The van der Waals surface area contributed by atoms with Crippen LogP contribution in [0.2, 0.25) is 0 Å². The number of methoxy groups -OCH3 is 2. The van der Waals surface area contributed by atoms with Crippen molar-refractivity contribution in [2.45, 2.75) is 49.3 Å². The highest BCUT2D eigenvalue weighted by Crippen LogP contribution is 2.38. The number of sulfone groups is 1. The first-order valence-electron chi connectivity index (χ1n) is 14.2. The average Bonchev–Trinajstić information content (AvgIpc) is 3.00. The van der Waals surface area contributed by atoms with Gasteiger partial charge >= 0.3 is 5.97 Å². The molecule has 0 aliphatic carbocycles. The number of amides is 1. The Kier molecular flexibility index (Phi) is 10.3. The minimum absolute atomic E-state index is 0.00173. The van der Waals surface area contributed by atoms with Gasteiger partial charge in [-0.2, -0.15) is 0 Å². The van der Waals surface area contributed by atoms with Crippen molar-refractivity contribution in [2.24, 2.45) is 0 Å². The Morgan fingerprint density at radius 3 is 2.24 bits per heavy atom. The molecule has 2 aromatic carbocycles. The number of hydrogen-bond donors (Lipinski definition) is 3. The van der Waals surface area contributed by atoms with Crippen LogP contribution >= 0.6 is 0 Å². The number of carboxylic acid groups (broad SMARTS) is 1. The molecule has 3 N–H and O–H groups in total. The Balaban J connectivity index is 1.50. The largest absolute Gasteiger partial charge is 0.496 e. The van der Waals surface area contributed by atoms with Crippen LogP contribution in [0.5, 0.6) is 11.5 Å². The highest BCUT2D eigenvalue weighted by Gasteiger charge is 2.51. The predicted octanol–water partition coefficient (Wildman–Crippen LogP) is 2.51. The number of carbonyl (C=O) groups is 2. The van der Waals surface area contributed by atoms with E-state index in [4.69, 9.17) is 9.47 Å². The minimum atomic E-state index is -3.87. The molecule has 41 heavy (non-hydrogen) atoms. The van der Waals surface area contributed by atoms with Crippen molar-refractivity contribution < 1.29 is 32.6 Å². The van der Waals surface area contributed by atoms with Crippen molar-refractivity contribution in [3.8, 4) is 22.6 Å². The molecule has 224 valence electrons. The SMILES string of the molecule is COc1cccc(OC)c1-c1ccc(C[C@H](NC(=O)C2(S(=O)(=O)CCN3CCCCC3)CCCNC2)C(=O)O)cc1. The van der Waals surface area contributed by atoms with E-state index in [1.807, 2.05) is 30.3 Å². The van der Waals surface area contributed by atoms with E-state index in [-0.39, 0.29) is 25.1 Å². The molecule has 2 fully saturated rings. The molecule has 0 radical (unpaired) electrons. The lowest BCUT2D eigenvalue weighted by Gasteiger charge is -2.37. The van der Waals surface area contributed by atoms with Gasteiger partial charge in [-0.15, -0.1) is 0 Å². The van der Waals surface area contributed by atoms with Crippen LogP contribution in [0.4, 0.5) is 0 Å². The maximum absolute atomic E-state index is 13.7. The minimum Gasteiger partial charge on any atom is -0.496 e. The number of likely N-dealkylation sites (tertiary alicyclic amines) is 1. The quantitative estimate of drug-likeness (QED) is 0.342. The second-order valence-corrected chi connectivity index (χ2v) is 13.2. The van der Waals surface area contributed by atoms with Gasteiger partial charge in [-0.1, -0.05) is 36.8 Å². The second kappa shape index (κ2) is 13.7. The fraction of sp³-hybridized carbons (Fsp3) is 0.533. The van der Waals surface area contributed by atoms with E-state index in [9.17, 15) is 23.1 Å². The van der Waals surface area contributed by atoms with Crippen LogP contribution in [0.1, 0.15) is 37.7 Å². The summed E-state index contributed by atoms with van der Waals surface area (Å²) in [4.78, 5) is 28.0. The van der Waals surface area contributed by atoms with Gasteiger partial charge in [0.1, 0.15) is 17.5 Å². The number of ether oxygens (including phenoxy) is 2. The third-order valence-electron chi connectivity index (χ3n) is 8.19. The molecule has 11 heteroatoms. The van der Waals surface area contributed by atoms with Gasteiger partial charge in [0.25, 0.3) is 0 Å². The van der Waals surface area contributed by atoms with Crippen molar-refractivity contribution in [3.63, 3.8) is 0 Å². The maximum Gasteiger partial charge on any atom is 0.326 e. The van der Waals surface area contributed by atoms with Crippen LogP contribution < -0.4 is 20.1 Å². The van der Waals surface area contributed by atoms with Gasteiger partial charge in [0, 0.05) is 19.5 Å². The Hall–Kier alpha value is -3.15. The van der Waals surface area contributed by atoms with Gasteiger partial charge in [0.2, 0.25) is 5.91 Å². The number of nitrogens with one attached hydrogen (secondary N) is 2. The molecule has 1 unspecified atom stereocenters. The number of carbonyl (C=O) groups excluding carboxylic acids is 1. The summed E-state index contributed by atoms with van der Waals surface area (Å²) in [5.74, 6) is -0.820. The van der Waals surface area contributed by atoms with Gasteiger partial charge in [-0.05, 0) is 68.6 Å². The van der Waals surface area contributed by atoms with E-state index in [1.165, 1.54) is 0 Å². The average molecular weight is 588 g/mol. The fourth-order valence-electron chi connectivity index (χ4n) is 5.77. The Labute approximate surface area is 242 Å². The van der Waals surface area contributed by atoms with Crippen molar-refractivity contribution in [3.05, 3.63) is 48.0 Å². The number of benzene rings is 2. The molecule has 1 amide bonds. The molecule has 0 saturated carbocycles. The molecule has 0 spiro atoms. The summed E-state index contributed by atoms with van der Waals surface area (Å²) in [5.41, 5.74) is 2.28. The number of nitrogens with zero attached hydrogens (tertiary/aromatic N) is 1. The van der Waals surface area contributed by atoms with E-state index >= 15 is 0 Å². The van der Waals surface area contributed by atoms with Crippen LogP contribution in [0.25, 0.3) is 11.1 Å². The number of carboxylic acids is 1. The summed E-state index contributed by atoms with van der Waals surface area (Å²) >= 11 is 0. The number of rotatable bonds is 12. The standard InChI is InChI=1S/C30H41N3O7S/c1-39-25-8-6-9-26(40-2)27(25)23-12-10-22(11-13-23)20-24(28(34)35)32-29(36)30(14-7-15-31-21-30)41(37,38)19-18-33-16-4-3-5-17-33/h6,8-13,24,31H,3-5,7,14-21H2,1-2H3,(H,32,36)(H,34,35)/t24-,30?/m0/s1. The highest BCUT2D eigenvalue weighted by atomic mass is 32.2. The summed E-state index contributed by atoms with van der Waals surface area (Å²) in [7, 11) is -0.713. The molecule has 2 aliphatic rings. The van der Waals surface area contributed by atoms with E-state index < -0.39 is 32.5 Å². The molecule has 0 aromatic heterocycles. The topological polar surface area (TPSA) is 134 Å². The van der Waals surface area contributed by atoms with Crippen molar-refractivity contribution >= 4 is 21.7 Å². The van der Waals surface area contributed by atoms with Gasteiger partial charge < -0.3 is 30.1 Å². The first kappa shape index (κ1) is 30.8. The fourth-order valence-corrected chi connectivity index (χ4v) is 7.78. The molecule has 2 atom stereocenters. The first-order valence-corrected chi connectivity index (χ1v) is 15.9. The second-order valence-electron chi connectivity index (χ2n) is 10.8. The maximum atomic E-state index is 13.7. The van der Waals surface area contributed by atoms with Gasteiger partial charge in [-0.3, -0.25) is 4.79 Å². The molecule has 0 bridgehead atoms. The molecular formula is C30H41N3O7S. The molecular weight excluding hydrogens is 546 g/mol. The van der Waals surface area contributed by atoms with E-state index in [1.54, 1.807) is 26.4 Å². The first-order chi connectivity index (χ1) is 19.7. The van der Waals surface area contributed by atoms with E-state index in [0.717, 1.165) is 43.5 Å². The third kappa shape index (κ3) is 7.02. The molecule has 2 aliphatic heterocycles. The molecule has 2 aromatic rings. The van der Waals surface area contributed by atoms with Crippen LogP contribution in [-0.2, 0) is 25.8 Å². The lowest BCUT2D eigenvalue weighted by molar-refractivity contribution is -0.142.